The number of fused-ring (bicyclic) bond motifs is 1. The van der Waals surface area contributed by atoms with E-state index in [2.05, 4.69) is 23.8 Å². The molecule has 1 aliphatic heterocycles. The minimum atomic E-state index is -5.36. The second kappa shape index (κ2) is 7.17. The van der Waals surface area contributed by atoms with Gasteiger partial charge in [-0.25, -0.2) is 14.1 Å². The molecule has 3 heterocycles. The molecule has 0 radical (unpaired) electrons. The molecule has 0 spiro atoms. The summed E-state index contributed by atoms with van der Waals surface area (Å²) in [6.07, 6.45) is -2.05. The fraction of sp³-hybridized carbons (Fsp3) is 0.583. The molecule has 0 saturated carbocycles. The molecule has 30 heavy (non-hydrogen) atoms. The number of aromatic amines is 1. The summed E-state index contributed by atoms with van der Waals surface area (Å²) in [5, 5.41) is 21.4. The normalized spacial score (nSPS) is 31.8. The molecule has 18 heteroatoms. The van der Waals surface area contributed by atoms with Gasteiger partial charge in [0.25, 0.3) is 5.56 Å². The van der Waals surface area contributed by atoms with Crippen molar-refractivity contribution in [1.82, 2.24) is 19.5 Å². The van der Waals surface area contributed by atoms with Crippen molar-refractivity contribution in [2.45, 2.75) is 37.4 Å². The number of nitrogens with one attached hydrogen (secondary N) is 1. The van der Waals surface area contributed by atoms with Crippen molar-refractivity contribution in [2.24, 2.45) is 0 Å². The molecule has 1 aliphatic rings. The number of hydrogen-bond donors (Lipinski definition) is 7. The highest BCUT2D eigenvalue weighted by molar-refractivity contribution is 7.60. The van der Waals surface area contributed by atoms with Crippen molar-refractivity contribution in [3.63, 3.8) is 0 Å². The van der Waals surface area contributed by atoms with Crippen molar-refractivity contribution in [3.8, 4) is 0 Å². The number of hydrogen-bond acceptors (Lipinski definition) is 11. The van der Waals surface area contributed by atoms with Crippen LogP contribution in [0.5, 0.6) is 0 Å². The first-order valence-electron chi connectivity index (χ1n) is 8.10. The Kier molecular flexibility index (Phi) is 5.49. The highest BCUT2D eigenvalue weighted by Crippen LogP contribution is 2.58. The largest absolute Gasteiger partial charge is 0.481 e. The Morgan fingerprint density at radius 1 is 1.37 bits per heavy atom. The van der Waals surface area contributed by atoms with Gasteiger partial charge >= 0.3 is 15.6 Å². The Labute approximate surface area is 167 Å². The second-order valence-corrected chi connectivity index (χ2v) is 9.83. The zero-order chi connectivity index (χ0) is 22.7. The third kappa shape index (κ3) is 4.20. The number of H-pyrrole nitrogens is 1. The van der Waals surface area contributed by atoms with E-state index in [1.54, 1.807) is 0 Å². The summed E-state index contributed by atoms with van der Waals surface area (Å²) >= 11 is 0. The van der Waals surface area contributed by atoms with Crippen molar-refractivity contribution >= 4 is 32.8 Å². The van der Waals surface area contributed by atoms with Gasteiger partial charge in [-0.1, -0.05) is 0 Å². The average Bonchev–Trinajstić information content (AvgIpc) is 3.05. The number of nitrogen functional groups attached to an aromatic ring is 1. The van der Waals surface area contributed by atoms with E-state index in [0.717, 1.165) is 10.9 Å². The van der Waals surface area contributed by atoms with Crippen LogP contribution in [0.2, 0.25) is 0 Å². The van der Waals surface area contributed by atoms with E-state index in [1.807, 2.05) is 0 Å². The fourth-order valence-corrected chi connectivity index (χ4v) is 4.81. The first-order valence-corrected chi connectivity index (χ1v) is 11.1. The van der Waals surface area contributed by atoms with Crippen LogP contribution >= 0.6 is 15.6 Å². The lowest BCUT2D eigenvalue weighted by atomic mass is 9.89. The zero-order valence-electron chi connectivity index (χ0n) is 15.4. The first-order chi connectivity index (χ1) is 13.6. The number of nitrogens with zero attached hydrogens (tertiary/aromatic N) is 3. The highest BCUT2D eigenvalue weighted by atomic mass is 31.3. The number of aliphatic hydroxyl groups is 2. The number of aromatic nitrogens is 4. The number of anilines is 1. The van der Waals surface area contributed by atoms with Gasteiger partial charge in [0.05, 0.1) is 12.9 Å². The molecule has 8 N–H and O–H groups in total. The predicted molar refractivity (Wildman–Crippen MR) is 96.6 cm³/mol. The van der Waals surface area contributed by atoms with Gasteiger partial charge in [0, 0.05) is 0 Å². The summed E-state index contributed by atoms with van der Waals surface area (Å²) in [6.45, 7) is 1.47. The van der Waals surface area contributed by atoms with Gasteiger partial charge in [-0.2, -0.15) is 9.29 Å². The zero-order valence-corrected chi connectivity index (χ0v) is 17.2. The molecule has 1 saturated heterocycles. The lowest BCUT2D eigenvalue weighted by molar-refractivity contribution is -0.117. The van der Waals surface area contributed by atoms with E-state index in [4.69, 9.17) is 20.3 Å². The van der Waals surface area contributed by atoms with Crippen LogP contribution in [-0.2, 0) is 22.7 Å². The number of phosphoric ester groups is 1. The number of imidazole rings is 1. The molecular weight excluding hydrogens is 452 g/mol. The van der Waals surface area contributed by atoms with Crippen molar-refractivity contribution in [1.29, 1.82) is 0 Å². The maximum absolute atomic E-state index is 11.9. The summed E-state index contributed by atoms with van der Waals surface area (Å²) < 4.78 is 37.5. The van der Waals surface area contributed by atoms with Gasteiger partial charge in [-0.15, -0.1) is 0 Å². The quantitative estimate of drug-likeness (QED) is 0.233. The molecule has 2 aromatic heterocycles. The van der Waals surface area contributed by atoms with Crippen LogP contribution in [-0.4, -0.2) is 68.3 Å². The first kappa shape index (κ1) is 23.0. The predicted octanol–water partition coefficient (Wildman–Crippen LogP) is -1.67. The molecule has 3 rings (SSSR count). The van der Waals surface area contributed by atoms with Gasteiger partial charge in [-0.05, 0) is 13.8 Å². The molecule has 3 unspecified atom stereocenters. The summed E-state index contributed by atoms with van der Waals surface area (Å²) in [5.41, 5.74) is 0.745. The van der Waals surface area contributed by atoms with Gasteiger partial charge in [0.15, 0.2) is 17.4 Å². The number of phosphoric acid groups is 2. The minimum Gasteiger partial charge on any atom is -0.387 e. The van der Waals surface area contributed by atoms with Crippen LogP contribution in [0.3, 0.4) is 0 Å². The summed E-state index contributed by atoms with van der Waals surface area (Å²) in [4.78, 5) is 48.7. The Morgan fingerprint density at radius 2 is 2.00 bits per heavy atom. The van der Waals surface area contributed by atoms with E-state index >= 15 is 0 Å². The Balaban J connectivity index is 1.92. The fourth-order valence-electron chi connectivity index (χ4n) is 3.13. The van der Waals surface area contributed by atoms with E-state index in [9.17, 15) is 29.0 Å². The Bertz CT molecular complexity index is 1130. The maximum atomic E-state index is 11.9. The topological polar surface area (TPSA) is 253 Å². The van der Waals surface area contributed by atoms with E-state index in [1.165, 1.54) is 13.8 Å². The van der Waals surface area contributed by atoms with Gasteiger partial charge in [-0.3, -0.25) is 18.9 Å². The van der Waals surface area contributed by atoms with Crippen molar-refractivity contribution in [3.05, 3.63) is 16.7 Å². The van der Waals surface area contributed by atoms with Crippen LogP contribution < -0.4 is 11.3 Å². The Hall–Kier alpha value is -1.71. The van der Waals surface area contributed by atoms with E-state index in [-0.39, 0.29) is 17.1 Å². The summed E-state index contributed by atoms with van der Waals surface area (Å²) in [5.74, 6) is -0.241. The number of rotatable bonds is 6. The van der Waals surface area contributed by atoms with Gasteiger partial charge in [0.2, 0.25) is 5.95 Å². The number of aliphatic hydroxyl groups excluding tert-OH is 1. The molecule has 5 atom stereocenters. The number of nitrogens with two attached hydrogens (primary N) is 1. The molecule has 2 aromatic rings. The van der Waals surface area contributed by atoms with E-state index in [0.29, 0.717) is 0 Å². The number of ether oxygens (including phenoxy) is 1. The summed E-state index contributed by atoms with van der Waals surface area (Å²) in [6, 6.07) is 0. The van der Waals surface area contributed by atoms with Crippen LogP contribution in [0.4, 0.5) is 5.95 Å². The smallest absolute Gasteiger partial charge is 0.387 e. The van der Waals surface area contributed by atoms with Crippen LogP contribution in [0.25, 0.3) is 11.2 Å². The third-order valence-corrected chi connectivity index (χ3v) is 6.57. The molecule has 0 aromatic carbocycles. The molecule has 0 amide bonds. The average molecular weight is 471 g/mol. The molecule has 16 nitrogen and oxygen atoms in total. The maximum Gasteiger partial charge on any atom is 0.481 e. The Morgan fingerprint density at radius 3 is 2.60 bits per heavy atom. The lowest BCUT2D eigenvalue weighted by Crippen LogP contribution is -2.49. The van der Waals surface area contributed by atoms with E-state index < -0.39 is 51.3 Å². The minimum absolute atomic E-state index is 0.0726. The SMILES string of the molecule is CC1(O)C(O)[C@@](C)(COP(=O)(O)OP(=O)(O)O)O[C@H]1n1cnc2c(=O)[nH]c(N)nc21. The van der Waals surface area contributed by atoms with Crippen molar-refractivity contribution < 1.29 is 47.6 Å². The second-order valence-electron chi connectivity index (χ2n) is 7.00. The van der Waals surface area contributed by atoms with Gasteiger partial charge < -0.3 is 35.4 Å². The molecule has 1 fully saturated rings. The summed E-state index contributed by atoms with van der Waals surface area (Å²) in [7, 11) is -10.6. The highest BCUT2D eigenvalue weighted by Gasteiger charge is 2.60. The molecule has 168 valence electrons. The van der Waals surface area contributed by atoms with Crippen LogP contribution in [0.15, 0.2) is 11.1 Å². The van der Waals surface area contributed by atoms with Crippen LogP contribution in [0, 0.1) is 0 Å². The van der Waals surface area contributed by atoms with Crippen molar-refractivity contribution in [2.75, 3.05) is 12.3 Å². The van der Waals surface area contributed by atoms with Gasteiger partial charge in [0.1, 0.15) is 17.3 Å². The van der Waals surface area contributed by atoms with Crippen LogP contribution in [0.1, 0.15) is 20.1 Å². The molecular formula is C12H19N5O11P2. The monoisotopic (exact) mass is 471 g/mol. The lowest BCUT2D eigenvalue weighted by Gasteiger charge is -2.30. The third-order valence-electron chi connectivity index (χ3n) is 4.44. The molecule has 0 bridgehead atoms. The molecule has 0 aliphatic carbocycles. The standard InChI is InChI=1S/C12H19N5O11P2/c1-11(3-26-30(24,25)28-29(21,22)23)8(19)12(2,20)9(27-11)17-4-14-5-6(17)15-10(13)16-7(5)18/h4,8-9,19-20H,3H2,1-2H3,(H,24,25)(H2,21,22,23)(H3,13,15,16,18)/t8?,9-,11-,12?/m1/s1.